The van der Waals surface area contributed by atoms with Gasteiger partial charge in [-0.2, -0.15) is 0 Å². The van der Waals surface area contributed by atoms with E-state index in [1.807, 2.05) is 42.5 Å². The lowest BCUT2D eigenvalue weighted by Crippen LogP contribution is -2.34. The van der Waals surface area contributed by atoms with Crippen LogP contribution in [-0.2, 0) is 9.59 Å². The Labute approximate surface area is 166 Å². The Morgan fingerprint density at radius 3 is 2.48 bits per heavy atom. The molecule has 0 radical (unpaired) electrons. The summed E-state index contributed by atoms with van der Waals surface area (Å²) in [5.74, 6) is -0.543. The molecule has 1 fully saturated rings. The molecule has 1 saturated heterocycles. The molecule has 0 spiro atoms. The SMILES string of the molecule is COc1ccc(/C=C2/SC(=S)N([C@@H](CC(=O)O)c3ccccc3)C2=O)cc1. The zero-order valence-corrected chi connectivity index (χ0v) is 16.1. The zero-order chi connectivity index (χ0) is 19.4. The maximum atomic E-state index is 13.0. The van der Waals surface area contributed by atoms with Crippen LogP contribution in [0.25, 0.3) is 6.08 Å². The Balaban J connectivity index is 1.91. The molecular formula is C20H17NO4S2. The highest BCUT2D eigenvalue weighted by atomic mass is 32.2. The number of carboxylic acids is 1. The summed E-state index contributed by atoms with van der Waals surface area (Å²) in [7, 11) is 1.59. The molecule has 0 bridgehead atoms. The summed E-state index contributed by atoms with van der Waals surface area (Å²) in [6, 6.07) is 15.7. The highest BCUT2D eigenvalue weighted by molar-refractivity contribution is 8.26. The first-order valence-corrected chi connectivity index (χ1v) is 9.40. The Hall–Kier alpha value is -2.64. The fourth-order valence-electron chi connectivity index (χ4n) is 2.80. The number of hydrogen-bond acceptors (Lipinski definition) is 5. The Morgan fingerprint density at radius 2 is 1.89 bits per heavy atom. The van der Waals surface area contributed by atoms with Gasteiger partial charge in [0.15, 0.2) is 0 Å². The monoisotopic (exact) mass is 399 g/mol. The lowest BCUT2D eigenvalue weighted by molar-refractivity contribution is -0.138. The highest BCUT2D eigenvalue weighted by Gasteiger charge is 2.38. The van der Waals surface area contributed by atoms with Crippen LogP contribution in [0, 0.1) is 0 Å². The minimum atomic E-state index is -0.989. The van der Waals surface area contributed by atoms with Crippen molar-refractivity contribution in [2.75, 3.05) is 7.11 Å². The first kappa shape index (κ1) is 19.1. The quantitative estimate of drug-likeness (QED) is 0.582. The van der Waals surface area contributed by atoms with Crippen molar-refractivity contribution in [3.8, 4) is 5.75 Å². The summed E-state index contributed by atoms with van der Waals surface area (Å²) in [4.78, 5) is 26.2. The van der Waals surface area contributed by atoms with Crippen molar-refractivity contribution < 1.29 is 19.4 Å². The molecule has 2 aromatic rings. The van der Waals surface area contributed by atoms with Crippen LogP contribution in [0.1, 0.15) is 23.6 Å². The van der Waals surface area contributed by atoms with E-state index < -0.39 is 12.0 Å². The lowest BCUT2D eigenvalue weighted by Gasteiger charge is -2.26. The van der Waals surface area contributed by atoms with E-state index in [0.29, 0.717) is 9.23 Å². The molecule has 0 unspecified atom stereocenters. The van der Waals surface area contributed by atoms with Gasteiger partial charge in [-0.25, -0.2) is 0 Å². The van der Waals surface area contributed by atoms with Crippen LogP contribution >= 0.6 is 24.0 Å². The summed E-state index contributed by atoms with van der Waals surface area (Å²) in [5.41, 5.74) is 1.58. The number of rotatable bonds is 6. The van der Waals surface area contributed by atoms with Crippen molar-refractivity contribution >= 4 is 46.3 Å². The van der Waals surface area contributed by atoms with Crippen LogP contribution in [0.4, 0.5) is 0 Å². The van der Waals surface area contributed by atoms with Gasteiger partial charge in [0.2, 0.25) is 0 Å². The van der Waals surface area contributed by atoms with E-state index in [9.17, 15) is 14.7 Å². The number of carbonyl (C=O) groups is 2. The maximum absolute atomic E-state index is 13.0. The smallest absolute Gasteiger partial charge is 0.305 e. The number of nitrogens with zero attached hydrogens (tertiary/aromatic N) is 1. The summed E-state index contributed by atoms with van der Waals surface area (Å²) < 4.78 is 5.49. The second-order valence-corrected chi connectivity index (χ2v) is 7.52. The Kier molecular flexibility index (Phi) is 5.93. The fraction of sp³-hybridized carbons (Fsp3) is 0.150. The van der Waals surface area contributed by atoms with Gasteiger partial charge in [-0.1, -0.05) is 66.4 Å². The second-order valence-electron chi connectivity index (χ2n) is 5.85. The molecule has 1 aliphatic heterocycles. The molecule has 0 saturated carbocycles. The third-order valence-corrected chi connectivity index (χ3v) is 5.43. The molecule has 5 nitrogen and oxygen atoms in total. The van der Waals surface area contributed by atoms with Gasteiger partial charge in [-0.3, -0.25) is 14.5 Å². The molecule has 1 heterocycles. The molecule has 1 amide bonds. The van der Waals surface area contributed by atoms with Gasteiger partial charge >= 0.3 is 5.97 Å². The van der Waals surface area contributed by atoms with Gasteiger partial charge in [0.05, 0.1) is 24.5 Å². The third-order valence-electron chi connectivity index (χ3n) is 4.10. The minimum Gasteiger partial charge on any atom is -0.497 e. The van der Waals surface area contributed by atoms with Crippen LogP contribution in [0.5, 0.6) is 5.75 Å². The Bertz CT molecular complexity index is 894. The molecule has 3 rings (SSSR count). The van der Waals surface area contributed by atoms with Crippen LogP contribution in [0.15, 0.2) is 59.5 Å². The van der Waals surface area contributed by atoms with Gasteiger partial charge in [0.25, 0.3) is 5.91 Å². The average molecular weight is 399 g/mol. The van der Waals surface area contributed by atoms with Gasteiger partial charge in [0.1, 0.15) is 10.1 Å². The number of carboxylic acid groups (broad SMARTS) is 1. The van der Waals surface area contributed by atoms with Crippen LogP contribution in [0.2, 0.25) is 0 Å². The molecule has 2 aromatic carbocycles. The molecular weight excluding hydrogens is 382 g/mol. The number of hydrogen-bond donors (Lipinski definition) is 1. The van der Waals surface area contributed by atoms with E-state index in [1.165, 1.54) is 16.7 Å². The van der Waals surface area contributed by atoms with Crippen molar-refractivity contribution in [2.24, 2.45) is 0 Å². The van der Waals surface area contributed by atoms with E-state index in [-0.39, 0.29) is 12.3 Å². The predicted octanol–water partition coefficient (Wildman–Crippen LogP) is 4.11. The maximum Gasteiger partial charge on any atom is 0.305 e. The summed E-state index contributed by atoms with van der Waals surface area (Å²) in [6.07, 6.45) is 1.54. The highest BCUT2D eigenvalue weighted by Crippen LogP contribution is 2.39. The second kappa shape index (κ2) is 8.37. The van der Waals surface area contributed by atoms with Gasteiger partial charge in [-0.15, -0.1) is 0 Å². The third kappa shape index (κ3) is 4.37. The number of carbonyl (C=O) groups excluding carboxylic acids is 1. The summed E-state index contributed by atoms with van der Waals surface area (Å²) in [6.45, 7) is 0. The van der Waals surface area contributed by atoms with E-state index in [1.54, 1.807) is 25.3 Å². The summed E-state index contributed by atoms with van der Waals surface area (Å²) >= 11 is 6.58. The molecule has 27 heavy (non-hydrogen) atoms. The molecule has 1 N–H and O–H groups in total. The number of benzene rings is 2. The van der Waals surface area contributed by atoms with Crippen molar-refractivity contribution in [1.82, 2.24) is 4.90 Å². The number of thioether (sulfide) groups is 1. The summed E-state index contributed by atoms with van der Waals surface area (Å²) in [5, 5.41) is 9.31. The fourth-order valence-corrected chi connectivity index (χ4v) is 4.16. The van der Waals surface area contributed by atoms with Crippen LogP contribution in [0.3, 0.4) is 0 Å². The van der Waals surface area contributed by atoms with E-state index in [2.05, 4.69) is 0 Å². The Morgan fingerprint density at radius 1 is 1.22 bits per heavy atom. The first-order valence-electron chi connectivity index (χ1n) is 8.17. The standard InChI is InChI=1S/C20H17NO4S2/c1-25-15-9-7-13(8-10-15)11-17-19(24)21(20(26)27-17)16(12-18(22)23)14-5-3-2-4-6-14/h2-11,16H,12H2,1H3,(H,22,23)/b17-11+/t16-/m0/s1. The number of thiocarbonyl (C=S) groups is 1. The molecule has 1 atom stereocenters. The van der Waals surface area contributed by atoms with Gasteiger partial charge in [-0.05, 0) is 29.3 Å². The van der Waals surface area contributed by atoms with Crippen molar-refractivity contribution in [2.45, 2.75) is 12.5 Å². The largest absolute Gasteiger partial charge is 0.497 e. The van der Waals surface area contributed by atoms with Crippen molar-refractivity contribution in [1.29, 1.82) is 0 Å². The molecule has 0 aromatic heterocycles. The van der Waals surface area contributed by atoms with E-state index >= 15 is 0 Å². The van der Waals surface area contributed by atoms with E-state index in [4.69, 9.17) is 17.0 Å². The lowest BCUT2D eigenvalue weighted by atomic mass is 10.0. The van der Waals surface area contributed by atoms with Crippen molar-refractivity contribution in [3.63, 3.8) is 0 Å². The number of amides is 1. The minimum absolute atomic E-state index is 0.216. The number of methoxy groups -OCH3 is 1. The average Bonchev–Trinajstić information content (AvgIpc) is 2.94. The van der Waals surface area contributed by atoms with Crippen LogP contribution < -0.4 is 4.74 Å². The van der Waals surface area contributed by atoms with Gasteiger partial charge in [0, 0.05) is 0 Å². The predicted molar refractivity (Wildman–Crippen MR) is 109 cm³/mol. The topological polar surface area (TPSA) is 66.8 Å². The first-order chi connectivity index (χ1) is 13.0. The number of ether oxygens (including phenoxy) is 1. The molecule has 1 aliphatic rings. The molecule has 138 valence electrons. The van der Waals surface area contributed by atoms with E-state index in [0.717, 1.165) is 16.9 Å². The normalized spacial score (nSPS) is 16.6. The number of aliphatic carboxylic acids is 1. The zero-order valence-electron chi connectivity index (χ0n) is 14.5. The molecule has 7 heteroatoms. The molecule has 0 aliphatic carbocycles. The van der Waals surface area contributed by atoms with Crippen LogP contribution in [-0.4, -0.2) is 33.3 Å². The van der Waals surface area contributed by atoms with Gasteiger partial charge < -0.3 is 9.84 Å². The van der Waals surface area contributed by atoms with Crippen molar-refractivity contribution in [3.05, 3.63) is 70.6 Å².